The number of hydrogen-bond acceptors (Lipinski definition) is 3. The van der Waals surface area contributed by atoms with Gasteiger partial charge in [-0.25, -0.2) is 8.78 Å². The molecule has 19 heavy (non-hydrogen) atoms. The zero-order valence-corrected chi connectivity index (χ0v) is 10.8. The van der Waals surface area contributed by atoms with Crippen LogP contribution < -0.4 is 10.5 Å². The van der Waals surface area contributed by atoms with Crippen LogP contribution in [0.15, 0.2) is 18.3 Å². The van der Waals surface area contributed by atoms with Gasteiger partial charge in [-0.1, -0.05) is 0 Å². The molecule has 0 radical (unpaired) electrons. The monoisotopic (exact) mass is 267 g/mol. The summed E-state index contributed by atoms with van der Waals surface area (Å²) in [6.45, 7) is 0.410. The number of hydrogen-bond donors (Lipinski definition) is 1. The van der Waals surface area contributed by atoms with E-state index in [0.29, 0.717) is 18.5 Å². The van der Waals surface area contributed by atoms with E-state index < -0.39 is 11.6 Å². The third kappa shape index (κ3) is 2.44. The Bertz CT molecular complexity index is 596. The van der Waals surface area contributed by atoms with E-state index in [2.05, 4.69) is 5.10 Å². The van der Waals surface area contributed by atoms with Crippen LogP contribution in [-0.2, 0) is 13.5 Å². The number of rotatable bonds is 4. The smallest absolute Gasteiger partial charge is 0.165 e. The zero-order chi connectivity index (χ0) is 14.0. The number of halogens is 2. The minimum atomic E-state index is -0.610. The lowest BCUT2D eigenvalue weighted by molar-refractivity contribution is 0.383. The van der Waals surface area contributed by atoms with Crippen molar-refractivity contribution in [3.05, 3.63) is 35.7 Å². The molecule has 0 aliphatic rings. The maximum Gasteiger partial charge on any atom is 0.165 e. The Kier molecular flexibility index (Phi) is 3.80. The van der Waals surface area contributed by atoms with E-state index in [1.54, 1.807) is 11.7 Å². The Balaban J connectivity index is 2.56. The van der Waals surface area contributed by atoms with Crippen LogP contribution in [0.5, 0.6) is 5.75 Å². The van der Waals surface area contributed by atoms with Crippen molar-refractivity contribution in [2.45, 2.75) is 6.42 Å². The number of aryl methyl sites for hydroxylation is 1. The highest BCUT2D eigenvalue weighted by Gasteiger charge is 2.17. The van der Waals surface area contributed by atoms with Crippen molar-refractivity contribution >= 4 is 0 Å². The summed E-state index contributed by atoms with van der Waals surface area (Å²) in [5, 5.41) is 4.07. The first-order chi connectivity index (χ1) is 9.08. The molecular formula is C13H15F2N3O. The molecule has 0 saturated heterocycles. The van der Waals surface area contributed by atoms with Gasteiger partial charge in [0.05, 0.1) is 13.3 Å². The minimum absolute atomic E-state index is 0.120. The summed E-state index contributed by atoms with van der Waals surface area (Å²) in [4.78, 5) is 0. The molecule has 0 spiro atoms. The van der Waals surface area contributed by atoms with E-state index in [4.69, 9.17) is 10.5 Å². The third-order valence-corrected chi connectivity index (χ3v) is 2.97. The summed E-state index contributed by atoms with van der Waals surface area (Å²) in [5.41, 5.74) is 7.00. The van der Waals surface area contributed by atoms with Crippen LogP contribution in [0.25, 0.3) is 11.1 Å². The predicted octanol–water partition coefficient (Wildman–Crippen LogP) is 1.88. The Labute approximate surface area is 109 Å². The summed E-state index contributed by atoms with van der Waals surface area (Å²) in [6, 6.07) is 2.15. The van der Waals surface area contributed by atoms with Gasteiger partial charge in [0.25, 0.3) is 0 Å². The van der Waals surface area contributed by atoms with Crippen LogP contribution in [0, 0.1) is 11.6 Å². The summed E-state index contributed by atoms with van der Waals surface area (Å²) < 4.78 is 34.1. The Morgan fingerprint density at radius 1 is 1.26 bits per heavy atom. The third-order valence-electron chi connectivity index (χ3n) is 2.97. The zero-order valence-electron chi connectivity index (χ0n) is 10.8. The van der Waals surface area contributed by atoms with Crippen molar-refractivity contribution in [3.8, 4) is 16.9 Å². The molecule has 2 rings (SSSR count). The normalized spacial score (nSPS) is 10.8. The molecule has 1 heterocycles. The molecule has 2 N–H and O–H groups in total. The maximum absolute atomic E-state index is 14.0. The van der Waals surface area contributed by atoms with E-state index in [1.807, 2.05) is 0 Å². The first-order valence-corrected chi connectivity index (χ1v) is 5.82. The summed E-state index contributed by atoms with van der Waals surface area (Å²) in [7, 11) is 3.04. The number of nitrogens with zero attached hydrogens (tertiary/aromatic N) is 2. The number of nitrogens with two attached hydrogens (primary N) is 1. The molecule has 102 valence electrons. The van der Waals surface area contributed by atoms with Gasteiger partial charge in [-0.15, -0.1) is 0 Å². The van der Waals surface area contributed by atoms with Crippen LogP contribution >= 0.6 is 0 Å². The van der Waals surface area contributed by atoms with Gasteiger partial charge in [-0.3, -0.25) is 4.68 Å². The molecule has 4 nitrogen and oxygen atoms in total. The van der Waals surface area contributed by atoms with E-state index in [0.717, 1.165) is 17.8 Å². The van der Waals surface area contributed by atoms with Crippen LogP contribution in [0.3, 0.4) is 0 Å². The van der Waals surface area contributed by atoms with Crippen molar-refractivity contribution in [2.75, 3.05) is 13.7 Å². The molecule has 1 aromatic heterocycles. The quantitative estimate of drug-likeness (QED) is 0.920. The first kappa shape index (κ1) is 13.5. The Hall–Kier alpha value is -1.95. The number of ether oxygens (including phenoxy) is 1. The molecule has 0 bridgehead atoms. The van der Waals surface area contributed by atoms with Gasteiger partial charge < -0.3 is 10.5 Å². The predicted molar refractivity (Wildman–Crippen MR) is 67.9 cm³/mol. The largest absolute Gasteiger partial charge is 0.494 e. The molecule has 0 unspecified atom stereocenters. The fraction of sp³-hybridized carbons (Fsp3) is 0.308. The molecular weight excluding hydrogens is 252 g/mol. The summed E-state index contributed by atoms with van der Waals surface area (Å²) >= 11 is 0. The lowest BCUT2D eigenvalue weighted by Crippen LogP contribution is -2.08. The van der Waals surface area contributed by atoms with Crippen molar-refractivity contribution in [1.82, 2.24) is 9.78 Å². The topological polar surface area (TPSA) is 53.1 Å². The average molecular weight is 267 g/mol. The van der Waals surface area contributed by atoms with Crippen molar-refractivity contribution in [1.29, 1.82) is 0 Å². The summed E-state index contributed by atoms with van der Waals surface area (Å²) in [6.07, 6.45) is 2.05. The highest BCUT2D eigenvalue weighted by Crippen LogP contribution is 2.31. The van der Waals surface area contributed by atoms with Gasteiger partial charge in [0.15, 0.2) is 11.6 Å². The number of methoxy groups -OCH3 is 1. The minimum Gasteiger partial charge on any atom is -0.494 e. The maximum atomic E-state index is 14.0. The standard InChI is InChI=1S/C13H15F2N3O/c1-18-12(3-4-16)9(7-17-18)8-5-11(15)13(19-2)6-10(8)14/h5-7H,3-4,16H2,1-2H3. The van der Waals surface area contributed by atoms with Gasteiger partial charge in [-0.05, 0) is 12.6 Å². The lowest BCUT2D eigenvalue weighted by Gasteiger charge is -2.08. The van der Waals surface area contributed by atoms with Crippen molar-refractivity contribution in [3.63, 3.8) is 0 Å². The fourth-order valence-corrected chi connectivity index (χ4v) is 2.01. The molecule has 0 saturated carbocycles. The Morgan fingerprint density at radius 2 is 2.00 bits per heavy atom. The molecule has 0 aliphatic heterocycles. The van der Waals surface area contributed by atoms with E-state index >= 15 is 0 Å². The Morgan fingerprint density at radius 3 is 2.63 bits per heavy atom. The second-order valence-electron chi connectivity index (χ2n) is 4.13. The van der Waals surface area contributed by atoms with Gasteiger partial charge in [0.2, 0.25) is 0 Å². The molecule has 0 amide bonds. The molecule has 0 fully saturated rings. The number of aromatic nitrogens is 2. The molecule has 2 aromatic rings. The van der Waals surface area contributed by atoms with E-state index in [9.17, 15) is 8.78 Å². The highest BCUT2D eigenvalue weighted by atomic mass is 19.1. The average Bonchev–Trinajstić information content (AvgIpc) is 2.74. The van der Waals surface area contributed by atoms with E-state index in [-0.39, 0.29) is 11.3 Å². The van der Waals surface area contributed by atoms with Gasteiger partial charge >= 0.3 is 0 Å². The summed E-state index contributed by atoms with van der Waals surface area (Å²) in [5.74, 6) is -1.28. The molecule has 0 aliphatic carbocycles. The lowest BCUT2D eigenvalue weighted by atomic mass is 10.0. The van der Waals surface area contributed by atoms with Gasteiger partial charge in [0.1, 0.15) is 5.82 Å². The van der Waals surface area contributed by atoms with E-state index in [1.165, 1.54) is 13.3 Å². The highest BCUT2D eigenvalue weighted by molar-refractivity contribution is 5.67. The second kappa shape index (κ2) is 5.36. The first-order valence-electron chi connectivity index (χ1n) is 5.82. The van der Waals surface area contributed by atoms with Crippen molar-refractivity contribution in [2.24, 2.45) is 12.8 Å². The SMILES string of the molecule is COc1cc(F)c(-c2cnn(C)c2CCN)cc1F. The van der Waals surface area contributed by atoms with Crippen LogP contribution in [-0.4, -0.2) is 23.4 Å². The fourth-order valence-electron chi connectivity index (χ4n) is 2.01. The van der Waals surface area contributed by atoms with Crippen LogP contribution in [0.4, 0.5) is 8.78 Å². The van der Waals surface area contributed by atoms with Crippen LogP contribution in [0.2, 0.25) is 0 Å². The second-order valence-corrected chi connectivity index (χ2v) is 4.13. The molecule has 1 aromatic carbocycles. The van der Waals surface area contributed by atoms with Crippen LogP contribution in [0.1, 0.15) is 5.69 Å². The van der Waals surface area contributed by atoms with Crippen molar-refractivity contribution < 1.29 is 13.5 Å². The molecule has 0 atom stereocenters. The number of benzene rings is 1. The molecule has 6 heteroatoms. The van der Waals surface area contributed by atoms with Gasteiger partial charge in [0, 0.05) is 36.4 Å². The van der Waals surface area contributed by atoms with Gasteiger partial charge in [-0.2, -0.15) is 5.10 Å².